The van der Waals surface area contributed by atoms with Crippen molar-refractivity contribution < 1.29 is 28.6 Å². The van der Waals surface area contributed by atoms with E-state index in [0.717, 1.165) is 83.5 Å². The fraction of sp³-hybridized carbons (Fsp3) is 0.814. The normalized spacial score (nSPS) is 12.4. The summed E-state index contributed by atoms with van der Waals surface area (Å²) < 4.78 is 17.0. The van der Waals surface area contributed by atoms with Crippen LogP contribution in [0.4, 0.5) is 0 Å². The first-order valence-corrected chi connectivity index (χ1v) is 33.3. The van der Waals surface area contributed by atoms with Gasteiger partial charge < -0.3 is 14.2 Å². The van der Waals surface area contributed by atoms with Crippen molar-refractivity contribution in [3.63, 3.8) is 0 Å². The predicted molar refractivity (Wildman–Crippen MR) is 330 cm³/mol. The van der Waals surface area contributed by atoms with Crippen LogP contribution < -0.4 is 0 Å². The first kappa shape index (κ1) is 73.1. The largest absolute Gasteiger partial charge is 0.462 e. The topological polar surface area (TPSA) is 78.9 Å². The number of ether oxygens (including phenoxy) is 3. The van der Waals surface area contributed by atoms with Crippen LogP contribution in [0, 0.1) is 0 Å². The van der Waals surface area contributed by atoms with Crippen molar-refractivity contribution in [2.24, 2.45) is 0 Å². The molecular formula is C70H126O6. The molecule has 0 rings (SSSR count). The van der Waals surface area contributed by atoms with Gasteiger partial charge in [-0.2, -0.15) is 0 Å². The second-order valence-corrected chi connectivity index (χ2v) is 22.4. The van der Waals surface area contributed by atoms with Crippen LogP contribution in [0.3, 0.4) is 0 Å². The van der Waals surface area contributed by atoms with Crippen molar-refractivity contribution >= 4 is 17.9 Å². The minimum Gasteiger partial charge on any atom is -0.462 e. The Hall–Kier alpha value is -2.89. The van der Waals surface area contributed by atoms with Crippen LogP contribution in [0.2, 0.25) is 0 Å². The van der Waals surface area contributed by atoms with Crippen LogP contribution in [0.25, 0.3) is 0 Å². The van der Waals surface area contributed by atoms with Gasteiger partial charge in [0.1, 0.15) is 13.2 Å². The Morgan fingerprint density at radius 1 is 0.263 bits per heavy atom. The van der Waals surface area contributed by atoms with E-state index in [4.69, 9.17) is 14.2 Å². The number of carbonyl (C=O) groups excluding carboxylic acids is 3. The lowest BCUT2D eigenvalue weighted by atomic mass is 10.0. The third-order valence-corrected chi connectivity index (χ3v) is 14.7. The molecule has 6 nitrogen and oxygen atoms in total. The number of hydrogen-bond donors (Lipinski definition) is 0. The van der Waals surface area contributed by atoms with Crippen LogP contribution in [0.1, 0.15) is 348 Å². The molecule has 0 aromatic rings. The molecule has 0 saturated heterocycles. The van der Waals surface area contributed by atoms with Crippen molar-refractivity contribution in [1.82, 2.24) is 0 Å². The highest BCUT2D eigenvalue weighted by Crippen LogP contribution is 2.17. The smallest absolute Gasteiger partial charge is 0.306 e. The second-order valence-electron chi connectivity index (χ2n) is 22.4. The van der Waals surface area contributed by atoms with E-state index in [1.54, 1.807) is 0 Å². The number of rotatable bonds is 61. The second kappa shape index (κ2) is 64.6. The van der Waals surface area contributed by atoms with Crippen LogP contribution >= 0.6 is 0 Å². The van der Waals surface area contributed by atoms with Gasteiger partial charge in [-0.15, -0.1) is 0 Å². The molecule has 1 atom stereocenters. The molecule has 0 aliphatic heterocycles. The summed E-state index contributed by atoms with van der Waals surface area (Å²) in [4.78, 5) is 38.4. The minimum absolute atomic E-state index is 0.0783. The van der Waals surface area contributed by atoms with Gasteiger partial charge in [-0.25, -0.2) is 0 Å². The SMILES string of the molecule is CCCCC/C=C\C/C=C\CCCCCCCCCC(=O)OC(COC(=O)CCCCCCC/C=C\CCCCCCCCC)COC(=O)CCCCCCCCCCCCCCC/C=C\C/C=C\CCCCCCC. The summed E-state index contributed by atoms with van der Waals surface area (Å²) in [7, 11) is 0. The summed E-state index contributed by atoms with van der Waals surface area (Å²) in [6.45, 7) is 6.64. The summed E-state index contributed by atoms with van der Waals surface area (Å²) in [6, 6.07) is 0. The lowest BCUT2D eigenvalue weighted by molar-refractivity contribution is -0.167. The molecule has 442 valence electrons. The maximum Gasteiger partial charge on any atom is 0.306 e. The van der Waals surface area contributed by atoms with Crippen LogP contribution in [0.5, 0.6) is 0 Å². The molecule has 0 bridgehead atoms. The number of esters is 3. The molecule has 0 fully saturated rings. The third kappa shape index (κ3) is 62.0. The summed E-state index contributed by atoms with van der Waals surface area (Å²) in [5.41, 5.74) is 0. The maximum atomic E-state index is 12.9. The molecule has 0 N–H and O–H groups in total. The average molecular weight is 1060 g/mol. The Labute approximate surface area is 472 Å². The molecule has 0 aliphatic rings. The van der Waals surface area contributed by atoms with Gasteiger partial charge in [0.25, 0.3) is 0 Å². The van der Waals surface area contributed by atoms with E-state index in [1.807, 2.05) is 0 Å². The number of allylic oxidation sites excluding steroid dienone is 10. The van der Waals surface area contributed by atoms with Gasteiger partial charge in [0.2, 0.25) is 0 Å². The zero-order chi connectivity index (χ0) is 55.0. The quantitative estimate of drug-likeness (QED) is 0.0261. The molecule has 0 heterocycles. The summed E-state index contributed by atoms with van der Waals surface area (Å²) in [6.07, 6.45) is 82.3. The van der Waals surface area contributed by atoms with Crippen LogP contribution in [-0.4, -0.2) is 37.2 Å². The van der Waals surface area contributed by atoms with Crippen molar-refractivity contribution in [2.75, 3.05) is 13.2 Å². The molecule has 6 heteroatoms. The van der Waals surface area contributed by atoms with Crippen molar-refractivity contribution in [2.45, 2.75) is 354 Å². The van der Waals surface area contributed by atoms with Crippen LogP contribution in [-0.2, 0) is 28.6 Å². The van der Waals surface area contributed by atoms with E-state index in [-0.39, 0.29) is 31.1 Å². The van der Waals surface area contributed by atoms with Crippen molar-refractivity contribution in [1.29, 1.82) is 0 Å². The molecular weight excluding hydrogens is 937 g/mol. The van der Waals surface area contributed by atoms with E-state index in [0.29, 0.717) is 19.3 Å². The number of carbonyl (C=O) groups is 3. The maximum absolute atomic E-state index is 12.9. The monoisotopic (exact) mass is 1060 g/mol. The van der Waals surface area contributed by atoms with Crippen LogP contribution in [0.15, 0.2) is 60.8 Å². The first-order valence-electron chi connectivity index (χ1n) is 33.3. The van der Waals surface area contributed by atoms with E-state index in [2.05, 4.69) is 81.5 Å². The Morgan fingerprint density at radius 3 is 0.763 bits per heavy atom. The van der Waals surface area contributed by atoms with Gasteiger partial charge in [-0.05, 0) is 109 Å². The molecule has 0 amide bonds. The van der Waals surface area contributed by atoms with Gasteiger partial charge in [0.05, 0.1) is 0 Å². The first-order chi connectivity index (χ1) is 37.5. The van der Waals surface area contributed by atoms with E-state index in [9.17, 15) is 14.4 Å². The van der Waals surface area contributed by atoms with Gasteiger partial charge >= 0.3 is 17.9 Å². The molecule has 0 aromatic carbocycles. The van der Waals surface area contributed by atoms with Gasteiger partial charge in [0, 0.05) is 19.3 Å². The minimum atomic E-state index is -0.783. The molecule has 0 aromatic heterocycles. The zero-order valence-electron chi connectivity index (χ0n) is 50.8. The lowest BCUT2D eigenvalue weighted by Crippen LogP contribution is -2.30. The fourth-order valence-corrected chi connectivity index (χ4v) is 9.68. The van der Waals surface area contributed by atoms with Gasteiger partial charge in [-0.1, -0.05) is 281 Å². The average Bonchev–Trinajstić information content (AvgIpc) is 3.42. The molecule has 0 saturated carbocycles. The van der Waals surface area contributed by atoms with E-state index < -0.39 is 6.10 Å². The number of hydrogen-bond acceptors (Lipinski definition) is 6. The highest BCUT2D eigenvalue weighted by molar-refractivity contribution is 5.71. The standard InChI is InChI=1S/C70H126O6/c1-4-7-10-13-16-19-22-25-28-31-32-33-34-35-36-37-38-40-42-45-48-51-54-57-60-63-69(72)75-66-67(65-74-68(71)62-59-56-53-50-47-44-41-30-27-24-21-18-15-12-9-6-3)76-70(73)64-61-58-55-52-49-46-43-39-29-26-23-20-17-14-11-8-5-2/h17,20,22,25-26,29-32,41,67H,4-16,18-19,21,23-24,27-28,33-40,42-66H2,1-3H3/b20-17-,25-22-,29-26-,32-31-,41-30-. The predicted octanol–water partition coefficient (Wildman–Crippen LogP) is 22.7. The summed E-state index contributed by atoms with van der Waals surface area (Å²) >= 11 is 0. The molecule has 0 aliphatic carbocycles. The zero-order valence-corrected chi connectivity index (χ0v) is 50.8. The molecule has 1 unspecified atom stereocenters. The molecule has 76 heavy (non-hydrogen) atoms. The van der Waals surface area contributed by atoms with Gasteiger partial charge in [0.15, 0.2) is 6.10 Å². The summed E-state index contributed by atoms with van der Waals surface area (Å²) in [5, 5.41) is 0. The highest BCUT2D eigenvalue weighted by Gasteiger charge is 2.19. The lowest BCUT2D eigenvalue weighted by Gasteiger charge is -2.18. The Morgan fingerprint density at radius 2 is 0.474 bits per heavy atom. The Balaban J connectivity index is 4.31. The Bertz CT molecular complexity index is 1360. The van der Waals surface area contributed by atoms with Crippen molar-refractivity contribution in [3.8, 4) is 0 Å². The molecule has 0 spiro atoms. The highest BCUT2D eigenvalue weighted by atomic mass is 16.6. The molecule has 0 radical (unpaired) electrons. The van der Waals surface area contributed by atoms with Crippen molar-refractivity contribution in [3.05, 3.63) is 60.8 Å². The van der Waals surface area contributed by atoms with E-state index >= 15 is 0 Å². The van der Waals surface area contributed by atoms with Gasteiger partial charge in [-0.3, -0.25) is 14.4 Å². The summed E-state index contributed by atoms with van der Waals surface area (Å²) in [5.74, 6) is -0.877. The fourth-order valence-electron chi connectivity index (χ4n) is 9.68. The Kier molecular flexibility index (Phi) is 62.2. The van der Waals surface area contributed by atoms with E-state index in [1.165, 1.54) is 225 Å². The number of unbranched alkanes of at least 4 members (excludes halogenated alkanes) is 40. The third-order valence-electron chi connectivity index (χ3n) is 14.7.